The molecule has 0 aliphatic carbocycles. The van der Waals surface area contributed by atoms with E-state index in [4.69, 9.17) is 12.2 Å². The fourth-order valence-corrected chi connectivity index (χ4v) is 2.53. The Morgan fingerprint density at radius 2 is 1.76 bits per heavy atom. The van der Waals surface area contributed by atoms with E-state index in [0.717, 1.165) is 12.1 Å². The van der Waals surface area contributed by atoms with Crippen LogP contribution in [0.3, 0.4) is 0 Å². The van der Waals surface area contributed by atoms with Crippen molar-refractivity contribution < 1.29 is 0 Å². The Morgan fingerprint density at radius 3 is 2.38 bits per heavy atom. The summed E-state index contributed by atoms with van der Waals surface area (Å²) in [6.45, 7) is 6.33. The first-order valence-corrected chi connectivity index (χ1v) is 7.70. The third-order valence-electron chi connectivity index (χ3n) is 3.47. The van der Waals surface area contributed by atoms with Gasteiger partial charge in [-0.3, -0.25) is 0 Å². The van der Waals surface area contributed by atoms with Crippen molar-refractivity contribution in [3.63, 3.8) is 0 Å². The van der Waals surface area contributed by atoms with Crippen molar-refractivity contribution in [2.45, 2.75) is 33.2 Å². The van der Waals surface area contributed by atoms with Gasteiger partial charge in [0.1, 0.15) is 0 Å². The van der Waals surface area contributed by atoms with Crippen molar-refractivity contribution in [3.8, 4) is 0 Å². The zero-order chi connectivity index (χ0) is 15.2. The maximum atomic E-state index is 5.43. The minimum Gasteiger partial charge on any atom is -0.356 e. The average Bonchev–Trinajstić information content (AvgIpc) is 2.46. The molecule has 2 aromatic carbocycles. The van der Waals surface area contributed by atoms with Gasteiger partial charge in [0, 0.05) is 5.69 Å². The number of rotatable bonds is 4. The van der Waals surface area contributed by atoms with Crippen LogP contribution >= 0.6 is 12.2 Å². The van der Waals surface area contributed by atoms with Crippen LogP contribution in [0.5, 0.6) is 0 Å². The first-order chi connectivity index (χ1) is 10.1. The van der Waals surface area contributed by atoms with Gasteiger partial charge < -0.3 is 10.6 Å². The van der Waals surface area contributed by atoms with E-state index in [1.165, 1.54) is 16.7 Å². The highest BCUT2D eigenvalue weighted by molar-refractivity contribution is 7.80. The summed E-state index contributed by atoms with van der Waals surface area (Å²) in [4.78, 5) is 0. The normalized spacial score (nSPS) is 11.8. The summed E-state index contributed by atoms with van der Waals surface area (Å²) in [5.41, 5.74) is 4.77. The summed E-state index contributed by atoms with van der Waals surface area (Å²) in [5, 5.41) is 7.30. The van der Waals surface area contributed by atoms with Crippen molar-refractivity contribution in [3.05, 3.63) is 65.2 Å². The van der Waals surface area contributed by atoms with Gasteiger partial charge in [-0.1, -0.05) is 48.9 Å². The van der Waals surface area contributed by atoms with Crippen LogP contribution in [-0.2, 0) is 0 Å². The third-order valence-corrected chi connectivity index (χ3v) is 3.69. The predicted molar refractivity (Wildman–Crippen MR) is 94.7 cm³/mol. The van der Waals surface area contributed by atoms with Crippen molar-refractivity contribution >= 4 is 23.0 Å². The molecule has 0 aromatic heterocycles. The second kappa shape index (κ2) is 7.23. The minimum absolute atomic E-state index is 0.232. The number of nitrogens with one attached hydrogen (secondary N) is 2. The van der Waals surface area contributed by atoms with E-state index in [9.17, 15) is 0 Å². The first kappa shape index (κ1) is 15.5. The molecule has 0 aliphatic heterocycles. The smallest absolute Gasteiger partial charge is 0.171 e. The van der Waals surface area contributed by atoms with Gasteiger partial charge in [0.25, 0.3) is 0 Å². The van der Waals surface area contributed by atoms with Gasteiger partial charge >= 0.3 is 0 Å². The van der Waals surface area contributed by atoms with Crippen LogP contribution in [0.25, 0.3) is 0 Å². The van der Waals surface area contributed by atoms with Crippen molar-refractivity contribution in [2.24, 2.45) is 0 Å². The molecule has 0 bridgehead atoms. The molecular weight excluding hydrogens is 276 g/mol. The molecule has 2 N–H and O–H groups in total. The van der Waals surface area contributed by atoms with Crippen molar-refractivity contribution in [2.75, 3.05) is 5.32 Å². The molecule has 0 saturated carbocycles. The van der Waals surface area contributed by atoms with Gasteiger partial charge in [-0.05, 0) is 55.7 Å². The van der Waals surface area contributed by atoms with Crippen LogP contribution < -0.4 is 10.6 Å². The molecule has 3 heteroatoms. The second-order valence-corrected chi connectivity index (χ2v) is 5.75. The van der Waals surface area contributed by atoms with Crippen LogP contribution in [0.1, 0.15) is 36.1 Å². The SMILES string of the molecule is CC[C@@H](NC(=S)Nc1cccc(C)c1)c1ccc(C)cc1. The molecule has 0 heterocycles. The topological polar surface area (TPSA) is 24.1 Å². The Balaban J connectivity index is 2.01. The average molecular weight is 298 g/mol. The highest BCUT2D eigenvalue weighted by Crippen LogP contribution is 2.17. The highest BCUT2D eigenvalue weighted by Gasteiger charge is 2.10. The summed E-state index contributed by atoms with van der Waals surface area (Å²) in [6, 6.07) is 17.0. The molecule has 1 atom stereocenters. The monoisotopic (exact) mass is 298 g/mol. The van der Waals surface area contributed by atoms with E-state index >= 15 is 0 Å². The number of hydrogen-bond acceptors (Lipinski definition) is 1. The van der Waals surface area contributed by atoms with Gasteiger partial charge in [-0.25, -0.2) is 0 Å². The summed E-state index contributed by atoms with van der Waals surface area (Å²) in [6.07, 6.45) is 0.985. The predicted octanol–water partition coefficient (Wildman–Crippen LogP) is 4.74. The largest absolute Gasteiger partial charge is 0.356 e. The van der Waals surface area contributed by atoms with E-state index < -0.39 is 0 Å². The zero-order valence-corrected chi connectivity index (χ0v) is 13.6. The Hall–Kier alpha value is -1.87. The molecule has 2 nitrogen and oxygen atoms in total. The number of benzene rings is 2. The number of anilines is 1. The Kier molecular flexibility index (Phi) is 5.34. The van der Waals surface area contributed by atoms with Crippen LogP contribution in [0.15, 0.2) is 48.5 Å². The van der Waals surface area contributed by atoms with Crippen LogP contribution in [0.2, 0.25) is 0 Å². The number of thiocarbonyl (C=S) groups is 1. The molecule has 0 fully saturated rings. The summed E-state index contributed by atoms with van der Waals surface area (Å²) >= 11 is 5.43. The summed E-state index contributed by atoms with van der Waals surface area (Å²) in [7, 11) is 0. The summed E-state index contributed by atoms with van der Waals surface area (Å²) < 4.78 is 0. The molecule has 21 heavy (non-hydrogen) atoms. The maximum absolute atomic E-state index is 5.43. The lowest BCUT2D eigenvalue weighted by Crippen LogP contribution is -2.32. The van der Waals surface area contributed by atoms with Gasteiger partial charge in [0.05, 0.1) is 6.04 Å². The van der Waals surface area contributed by atoms with Crippen molar-refractivity contribution in [1.82, 2.24) is 5.32 Å². The molecule has 0 aliphatic rings. The van der Waals surface area contributed by atoms with Gasteiger partial charge in [0.15, 0.2) is 5.11 Å². The fraction of sp³-hybridized carbons (Fsp3) is 0.278. The lowest BCUT2D eigenvalue weighted by molar-refractivity contribution is 0.629. The first-order valence-electron chi connectivity index (χ1n) is 7.29. The molecule has 2 aromatic rings. The van der Waals surface area contributed by atoms with E-state index in [0.29, 0.717) is 5.11 Å². The minimum atomic E-state index is 0.232. The lowest BCUT2D eigenvalue weighted by Gasteiger charge is -2.20. The maximum Gasteiger partial charge on any atom is 0.171 e. The van der Waals surface area contributed by atoms with Gasteiger partial charge in [0.2, 0.25) is 0 Å². The molecule has 0 unspecified atom stereocenters. The van der Waals surface area contributed by atoms with E-state index in [1.807, 2.05) is 12.1 Å². The van der Waals surface area contributed by atoms with E-state index in [1.54, 1.807) is 0 Å². The fourth-order valence-electron chi connectivity index (χ4n) is 2.27. The standard InChI is InChI=1S/C18H22N2S/c1-4-17(15-10-8-13(2)9-11-15)20-18(21)19-16-7-5-6-14(3)12-16/h5-12,17H,4H2,1-3H3,(H2,19,20,21)/t17-/m1/s1. The molecule has 0 amide bonds. The molecule has 0 spiro atoms. The van der Waals surface area contributed by atoms with E-state index in [-0.39, 0.29) is 6.04 Å². The number of aryl methyl sites for hydroxylation is 2. The molecule has 0 radical (unpaired) electrons. The molecular formula is C18H22N2S. The third kappa shape index (κ3) is 4.57. The summed E-state index contributed by atoms with van der Waals surface area (Å²) in [5.74, 6) is 0. The Morgan fingerprint density at radius 1 is 1.05 bits per heavy atom. The Labute approximate surface area is 132 Å². The van der Waals surface area contributed by atoms with Gasteiger partial charge in [-0.15, -0.1) is 0 Å². The Bertz CT molecular complexity index is 605. The molecule has 110 valence electrons. The quantitative estimate of drug-likeness (QED) is 0.797. The van der Waals surface area contributed by atoms with E-state index in [2.05, 4.69) is 67.8 Å². The van der Waals surface area contributed by atoms with Gasteiger partial charge in [-0.2, -0.15) is 0 Å². The zero-order valence-electron chi connectivity index (χ0n) is 12.8. The number of hydrogen-bond donors (Lipinski definition) is 2. The van der Waals surface area contributed by atoms with Crippen molar-refractivity contribution in [1.29, 1.82) is 0 Å². The van der Waals surface area contributed by atoms with Crippen LogP contribution in [-0.4, -0.2) is 5.11 Å². The van der Waals surface area contributed by atoms with Crippen LogP contribution in [0, 0.1) is 13.8 Å². The van der Waals surface area contributed by atoms with Crippen LogP contribution in [0.4, 0.5) is 5.69 Å². The lowest BCUT2D eigenvalue weighted by atomic mass is 10.0. The second-order valence-electron chi connectivity index (χ2n) is 5.34. The molecule has 2 rings (SSSR count). The molecule has 0 saturated heterocycles. The highest BCUT2D eigenvalue weighted by atomic mass is 32.1.